The lowest BCUT2D eigenvalue weighted by atomic mass is 10.1. The van der Waals surface area contributed by atoms with E-state index in [-0.39, 0.29) is 42.3 Å². The summed E-state index contributed by atoms with van der Waals surface area (Å²) in [6.07, 6.45) is 0. The van der Waals surface area contributed by atoms with Crippen molar-refractivity contribution in [2.45, 2.75) is 4.90 Å². The predicted molar refractivity (Wildman–Crippen MR) is 135 cm³/mol. The molecule has 1 amide bonds. The zero-order valence-corrected chi connectivity index (χ0v) is 20.8. The zero-order chi connectivity index (χ0) is 26.5. The fourth-order valence-corrected chi connectivity index (χ4v) is 5.43. The molecule has 0 radical (unpaired) electrons. The molecule has 14 heteroatoms. The number of aromatic hydroxyl groups is 1. The van der Waals surface area contributed by atoms with Crippen molar-refractivity contribution in [3.8, 4) is 11.6 Å². The second-order valence-electron chi connectivity index (χ2n) is 7.75. The number of rotatable bonds is 5. The molecule has 1 aliphatic rings. The van der Waals surface area contributed by atoms with Gasteiger partial charge in [0.05, 0.1) is 32.1 Å². The number of carbonyl (C=O) groups excluding carboxylic acids is 1. The first-order valence-corrected chi connectivity index (χ1v) is 13.1. The first kappa shape index (κ1) is 24.5. The molecule has 0 saturated carbocycles. The van der Waals surface area contributed by atoms with Gasteiger partial charge in [-0.1, -0.05) is 22.9 Å². The van der Waals surface area contributed by atoms with Crippen LogP contribution in [0.15, 0.2) is 81.6 Å². The van der Waals surface area contributed by atoms with Gasteiger partial charge >= 0.3 is 0 Å². The van der Waals surface area contributed by atoms with Crippen LogP contribution in [0, 0.1) is 10.1 Å². The van der Waals surface area contributed by atoms with Gasteiger partial charge in [-0.3, -0.25) is 19.5 Å². The highest BCUT2D eigenvalue weighted by Gasteiger charge is 2.27. The van der Waals surface area contributed by atoms with Crippen LogP contribution in [0.2, 0.25) is 5.02 Å². The highest BCUT2D eigenvalue weighted by atomic mass is 35.5. The van der Waals surface area contributed by atoms with E-state index >= 15 is 0 Å². The van der Waals surface area contributed by atoms with Crippen molar-refractivity contribution in [2.24, 2.45) is 15.1 Å². The quantitative estimate of drug-likeness (QED) is 0.282. The molecule has 2 heterocycles. The van der Waals surface area contributed by atoms with Gasteiger partial charge in [-0.05, 0) is 54.6 Å². The lowest BCUT2D eigenvalue weighted by molar-refractivity contribution is -0.385. The van der Waals surface area contributed by atoms with Crippen molar-refractivity contribution in [1.29, 1.82) is 0 Å². The number of aromatic nitrogens is 1. The second kappa shape index (κ2) is 9.05. The Morgan fingerprint density at radius 3 is 2.38 bits per heavy atom. The van der Waals surface area contributed by atoms with Crippen LogP contribution in [-0.2, 0) is 14.8 Å². The van der Waals surface area contributed by atoms with Gasteiger partial charge in [-0.25, -0.2) is 23.5 Å². The molecule has 3 N–H and O–H groups in total. The molecule has 0 spiro atoms. The molecule has 11 nitrogen and oxygen atoms in total. The third kappa shape index (κ3) is 4.56. The number of benzene rings is 3. The number of nitrogens with zero attached hydrogens (tertiary/aromatic N) is 4. The molecule has 1 aliphatic heterocycles. The number of non-ortho nitro benzene ring substituents is 1. The number of amides is 1. The number of nitrogens with two attached hydrogens (primary N) is 1. The molecule has 0 saturated heterocycles. The Hall–Kier alpha value is -4.17. The number of primary sulfonamides is 1. The fraction of sp³-hybridized carbons (Fsp3) is 0. The Kier molecular flexibility index (Phi) is 6.00. The summed E-state index contributed by atoms with van der Waals surface area (Å²) in [5, 5.41) is 28.7. The van der Waals surface area contributed by atoms with Crippen LogP contribution in [0.5, 0.6) is 5.88 Å². The van der Waals surface area contributed by atoms with E-state index in [4.69, 9.17) is 16.7 Å². The maximum atomic E-state index is 12.9. The molecule has 0 aliphatic carbocycles. The molecule has 186 valence electrons. The zero-order valence-electron chi connectivity index (χ0n) is 18.4. The number of hydrogen-bond donors (Lipinski definition) is 2. The standard InChI is InChI=1S/C23H14ClN5O6S2/c24-12-1-5-14(6-2-12)28-22(31)20(19-17-11-15(29(32)33)7-10-18(17)27-21(19)30)36-23(28)26-13-3-8-16(9-4-13)37(25,34)35/h1-11,31H,(H2,25,34,35). The third-order valence-corrected chi connectivity index (χ3v) is 7.63. The SMILES string of the molecule is NS(=O)(=O)c1ccc(N=c2sc(C3=c4cc([N+](=O)[O-])ccc4=NC3=O)c(O)n2-c2ccc(Cl)cc2)cc1. The van der Waals surface area contributed by atoms with Crippen molar-refractivity contribution >= 4 is 55.8 Å². The van der Waals surface area contributed by atoms with Crippen LogP contribution >= 0.6 is 22.9 Å². The van der Waals surface area contributed by atoms with Gasteiger partial charge in [-0.2, -0.15) is 0 Å². The number of hydrogen-bond acceptors (Lipinski definition) is 8. The van der Waals surface area contributed by atoms with Gasteiger partial charge in [0.2, 0.25) is 15.9 Å². The Bertz CT molecular complexity index is 1910. The summed E-state index contributed by atoms with van der Waals surface area (Å²) in [5.74, 6) is -1.01. The van der Waals surface area contributed by atoms with Gasteiger partial charge < -0.3 is 5.11 Å². The predicted octanol–water partition coefficient (Wildman–Crippen LogP) is 2.04. The molecule has 37 heavy (non-hydrogen) atoms. The number of carbonyl (C=O) groups is 1. The summed E-state index contributed by atoms with van der Waals surface area (Å²) < 4.78 is 24.5. The molecule has 0 unspecified atom stereocenters. The van der Waals surface area contributed by atoms with E-state index in [0.29, 0.717) is 16.4 Å². The molecule has 3 aromatic carbocycles. The number of nitro benzene ring substituents is 1. The van der Waals surface area contributed by atoms with E-state index < -0.39 is 20.9 Å². The van der Waals surface area contributed by atoms with Crippen LogP contribution in [0.3, 0.4) is 0 Å². The lowest BCUT2D eigenvalue weighted by Gasteiger charge is -2.06. The summed E-state index contributed by atoms with van der Waals surface area (Å²) in [5.41, 5.74) is 0.565. The third-order valence-electron chi connectivity index (χ3n) is 5.40. The Morgan fingerprint density at radius 2 is 1.76 bits per heavy atom. The maximum Gasteiger partial charge on any atom is 0.279 e. The van der Waals surface area contributed by atoms with Gasteiger partial charge in [-0.15, -0.1) is 0 Å². The summed E-state index contributed by atoms with van der Waals surface area (Å²) >= 11 is 6.97. The molecule has 5 rings (SSSR count). The van der Waals surface area contributed by atoms with Crippen LogP contribution in [0.1, 0.15) is 4.88 Å². The Labute approximate surface area is 217 Å². The van der Waals surface area contributed by atoms with Crippen LogP contribution in [0.4, 0.5) is 11.4 Å². The van der Waals surface area contributed by atoms with Gasteiger partial charge in [0.25, 0.3) is 11.6 Å². The molecule has 4 aromatic rings. The van der Waals surface area contributed by atoms with Crippen molar-refractivity contribution in [2.75, 3.05) is 0 Å². The molecular weight excluding hydrogens is 542 g/mol. The first-order chi connectivity index (χ1) is 17.5. The Morgan fingerprint density at radius 1 is 1.08 bits per heavy atom. The number of nitro groups is 1. The maximum absolute atomic E-state index is 12.9. The average molecular weight is 556 g/mol. The summed E-state index contributed by atoms with van der Waals surface area (Å²) in [7, 11) is -3.90. The number of thiazole rings is 1. The summed E-state index contributed by atoms with van der Waals surface area (Å²) in [6.45, 7) is 0. The van der Waals surface area contributed by atoms with Crippen LogP contribution in [-0.4, -0.2) is 28.9 Å². The van der Waals surface area contributed by atoms with Gasteiger partial charge in [0.1, 0.15) is 4.88 Å². The topological polar surface area (TPSA) is 170 Å². The van der Waals surface area contributed by atoms with Crippen molar-refractivity contribution in [3.63, 3.8) is 0 Å². The van der Waals surface area contributed by atoms with Gasteiger partial charge in [0, 0.05) is 22.4 Å². The van der Waals surface area contributed by atoms with Crippen molar-refractivity contribution in [1.82, 2.24) is 4.57 Å². The minimum atomic E-state index is -3.90. The monoisotopic (exact) mass is 555 g/mol. The lowest BCUT2D eigenvalue weighted by Crippen LogP contribution is -2.23. The summed E-state index contributed by atoms with van der Waals surface area (Å²) in [4.78, 5) is 32.3. The van der Waals surface area contributed by atoms with Crippen molar-refractivity contribution in [3.05, 3.63) is 102 Å². The largest absolute Gasteiger partial charge is 0.493 e. The average Bonchev–Trinajstić information content (AvgIpc) is 3.33. The van der Waals surface area contributed by atoms with E-state index in [1.165, 1.54) is 47.0 Å². The molecule has 0 fully saturated rings. The fourth-order valence-electron chi connectivity index (χ4n) is 3.69. The van der Waals surface area contributed by atoms with Crippen LogP contribution < -0.4 is 20.5 Å². The molecular formula is C23H14ClN5O6S2. The van der Waals surface area contributed by atoms with E-state index in [2.05, 4.69) is 9.98 Å². The number of fused-ring (bicyclic) bond motifs is 1. The molecule has 0 bridgehead atoms. The van der Waals surface area contributed by atoms with Gasteiger partial charge in [0.15, 0.2) is 4.80 Å². The van der Waals surface area contributed by atoms with E-state index in [9.17, 15) is 28.4 Å². The highest BCUT2D eigenvalue weighted by molar-refractivity contribution is 7.89. The first-order valence-electron chi connectivity index (χ1n) is 10.3. The van der Waals surface area contributed by atoms with Crippen LogP contribution in [0.25, 0.3) is 11.3 Å². The van der Waals surface area contributed by atoms with Crippen molar-refractivity contribution < 1.29 is 23.2 Å². The van der Waals surface area contributed by atoms with E-state index in [1.54, 1.807) is 24.3 Å². The minimum absolute atomic E-state index is 0.00469. The van der Waals surface area contributed by atoms with E-state index in [0.717, 1.165) is 11.3 Å². The number of halogens is 1. The summed E-state index contributed by atoms with van der Waals surface area (Å²) in [6, 6.07) is 15.8. The number of sulfonamides is 1. The van der Waals surface area contributed by atoms with E-state index in [1.807, 2.05) is 0 Å². The Balaban J connectivity index is 1.79. The minimum Gasteiger partial charge on any atom is -0.493 e. The molecule has 1 aromatic heterocycles. The second-order valence-corrected chi connectivity index (χ2v) is 10.7. The molecule has 0 atom stereocenters. The normalized spacial score (nSPS) is 13.5. The smallest absolute Gasteiger partial charge is 0.279 e. The highest BCUT2D eigenvalue weighted by Crippen LogP contribution is 2.31.